The van der Waals surface area contributed by atoms with Gasteiger partial charge in [-0.2, -0.15) is 13.2 Å². The second kappa shape index (κ2) is 4.55. The molecular formula is C7H5F3N4O2. The Balaban J connectivity index is 0.000000168. The highest BCUT2D eigenvalue weighted by Gasteiger charge is 2.28. The van der Waals surface area contributed by atoms with Gasteiger partial charge in [0.25, 0.3) is 12.0 Å². The van der Waals surface area contributed by atoms with E-state index in [4.69, 9.17) is 9.90 Å². The molecule has 0 radical (unpaired) electrons. The third kappa shape index (κ3) is 3.19. The van der Waals surface area contributed by atoms with Gasteiger partial charge in [-0.3, -0.25) is 4.98 Å². The predicted octanol–water partition coefficient (Wildman–Crippen LogP) is -1.16. The zero-order valence-corrected chi connectivity index (χ0v) is 7.60. The van der Waals surface area contributed by atoms with Gasteiger partial charge in [-0.05, 0) is 0 Å². The molecule has 0 unspecified atom stereocenters. The fourth-order valence-corrected chi connectivity index (χ4v) is 0.715. The van der Waals surface area contributed by atoms with Crippen LogP contribution in [0.5, 0.6) is 0 Å². The van der Waals surface area contributed by atoms with E-state index in [0.717, 1.165) is 5.65 Å². The first-order valence-corrected chi connectivity index (χ1v) is 3.84. The maximum atomic E-state index is 10.5. The lowest BCUT2D eigenvalue weighted by Gasteiger charge is -2.03. The maximum Gasteiger partial charge on any atom is 0.430 e. The lowest BCUT2D eigenvalue weighted by molar-refractivity contribution is -0.512. The molecule has 0 bridgehead atoms. The number of alkyl halides is 3. The lowest BCUT2D eigenvalue weighted by Crippen LogP contribution is -2.37. The van der Waals surface area contributed by atoms with E-state index in [-0.39, 0.29) is 0 Å². The molecule has 9 heteroatoms. The van der Waals surface area contributed by atoms with Crippen LogP contribution in [-0.4, -0.2) is 27.3 Å². The number of aromatic amines is 1. The van der Waals surface area contributed by atoms with Crippen molar-refractivity contribution in [1.82, 2.24) is 15.2 Å². The molecule has 86 valence electrons. The Bertz CT molecular complexity index is 451. The average molecular weight is 234 g/mol. The number of nitrogens with zero attached hydrogens (tertiary/aromatic N) is 3. The van der Waals surface area contributed by atoms with Gasteiger partial charge in [-0.1, -0.05) is 0 Å². The monoisotopic (exact) mass is 234 g/mol. The first kappa shape index (κ1) is 11.9. The van der Waals surface area contributed by atoms with E-state index in [9.17, 15) is 13.2 Å². The highest BCUT2D eigenvalue weighted by molar-refractivity contribution is 5.70. The minimum absolute atomic E-state index is 0.900. The third-order valence-corrected chi connectivity index (χ3v) is 1.38. The van der Waals surface area contributed by atoms with E-state index >= 15 is 0 Å². The topological polar surface area (TPSA) is 85.8 Å². The van der Waals surface area contributed by atoms with Gasteiger partial charge in [0.05, 0.1) is 12.4 Å². The Morgan fingerprint density at radius 2 is 2.12 bits per heavy atom. The summed E-state index contributed by atoms with van der Waals surface area (Å²) in [6.45, 7) is 0. The first-order valence-electron chi connectivity index (χ1n) is 3.84. The number of hydrogen-bond donors (Lipinski definition) is 1. The second-order valence-corrected chi connectivity index (χ2v) is 2.51. The normalized spacial score (nSPS) is 10.7. The van der Waals surface area contributed by atoms with Gasteiger partial charge in [-0.15, -0.1) is 5.10 Å². The van der Waals surface area contributed by atoms with Crippen molar-refractivity contribution in [2.75, 3.05) is 0 Å². The van der Waals surface area contributed by atoms with E-state index in [1.54, 1.807) is 18.7 Å². The number of nitrogens with one attached hydrogen (secondary N) is 1. The summed E-state index contributed by atoms with van der Waals surface area (Å²) in [4.78, 5) is 12.7. The van der Waals surface area contributed by atoms with Crippen molar-refractivity contribution in [2.45, 2.75) is 6.18 Å². The summed E-state index contributed by atoms with van der Waals surface area (Å²) in [5.41, 5.74) is 0.900. The Hall–Kier alpha value is -2.19. The van der Waals surface area contributed by atoms with Crippen molar-refractivity contribution < 1.29 is 27.5 Å². The molecule has 16 heavy (non-hydrogen) atoms. The number of hydrogen-bond acceptors (Lipinski definition) is 4. The standard InChI is InChI=1S/C5H4N4.C2HF3O2/c1-2-9-4-7-8-5(9)3-6-1;3-2(4,5)1(6)7/h1-4H;(H,6,7). The number of halogens is 3. The van der Waals surface area contributed by atoms with Gasteiger partial charge < -0.3 is 9.90 Å². The Morgan fingerprint density at radius 3 is 2.62 bits per heavy atom. The highest BCUT2D eigenvalue weighted by atomic mass is 19.4. The van der Waals surface area contributed by atoms with Crippen LogP contribution in [0.2, 0.25) is 0 Å². The van der Waals surface area contributed by atoms with Gasteiger partial charge in [0.15, 0.2) is 0 Å². The molecule has 0 spiro atoms. The summed E-state index contributed by atoms with van der Waals surface area (Å²) in [6, 6.07) is 0. The summed E-state index contributed by atoms with van der Waals surface area (Å²) in [5, 5.41) is 15.4. The van der Waals surface area contributed by atoms with Crippen LogP contribution in [0.1, 0.15) is 0 Å². The molecule has 1 N–H and O–H groups in total. The predicted molar refractivity (Wildman–Crippen MR) is 40.6 cm³/mol. The molecule has 0 aliphatic carbocycles. The van der Waals surface area contributed by atoms with Gasteiger partial charge in [0.2, 0.25) is 0 Å². The van der Waals surface area contributed by atoms with E-state index in [0.29, 0.717) is 0 Å². The summed E-state index contributed by atoms with van der Waals surface area (Å²) < 4.78 is 33.4. The molecule has 0 aliphatic heterocycles. The van der Waals surface area contributed by atoms with Gasteiger partial charge in [0, 0.05) is 5.10 Å². The SMILES string of the molecule is O=C([O-])C(F)(F)F.c1c[n+]2cn[nH]c2cn1. The van der Waals surface area contributed by atoms with Crippen molar-refractivity contribution in [3.05, 3.63) is 24.9 Å². The second-order valence-electron chi connectivity index (χ2n) is 2.51. The van der Waals surface area contributed by atoms with Crippen molar-refractivity contribution in [2.24, 2.45) is 0 Å². The molecule has 0 fully saturated rings. The van der Waals surface area contributed by atoms with Gasteiger partial charge in [0.1, 0.15) is 12.2 Å². The molecule has 0 atom stereocenters. The van der Waals surface area contributed by atoms with Crippen LogP contribution in [0.4, 0.5) is 13.2 Å². The molecule has 0 aliphatic rings. The number of fused-ring (bicyclic) bond motifs is 1. The number of rotatable bonds is 0. The fourth-order valence-electron chi connectivity index (χ4n) is 0.715. The molecule has 6 nitrogen and oxygen atoms in total. The Labute approximate surface area is 86.4 Å². The van der Waals surface area contributed by atoms with Gasteiger partial charge >= 0.3 is 6.18 Å². The summed E-state index contributed by atoms with van der Waals surface area (Å²) >= 11 is 0. The van der Waals surface area contributed by atoms with E-state index < -0.39 is 12.1 Å². The minimum atomic E-state index is -5.19. The summed E-state index contributed by atoms with van der Waals surface area (Å²) in [7, 11) is 0. The van der Waals surface area contributed by atoms with Crippen LogP contribution < -0.4 is 9.51 Å². The largest absolute Gasteiger partial charge is 0.542 e. The number of carboxylic acid groups (broad SMARTS) is 1. The summed E-state index contributed by atoms with van der Waals surface area (Å²) in [5.74, 6) is -3.01. The number of carboxylic acids is 1. The van der Waals surface area contributed by atoms with Crippen LogP contribution in [0.3, 0.4) is 0 Å². The molecular weight excluding hydrogens is 229 g/mol. The zero-order chi connectivity index (χ0) is 12.2. The molecule has 2 rings (SSSR count). The maximum absolute atomic E-state index is 10.5. The number of aromatic nitrogens is 4. The van der Waals surface area contributed by atoms with E-state index in [2.05, 4.69) is 15.2 Å². The van der Waals surface area contributed by atoms with Crippen LogP contribution in [-0.2, 0) is 4.79 Å². The van der Waals surface area contributed by atoms with Crippen LogP contribution in [0.25, 0.3) is 5.65 Å². The molecule has 2 heterocycles. The average Bonchev–Trinajstić information content (AvgIpc) is 2.64. The Morgan fingerprint density at radius 1 is 1.50 bits per heavy atom. The van der Waals surface area contributed by atoms with Crippen molar-refractivity contribution in [3.63, 3.8) is 0 Å². The smallest absolute Gasteiger partial charge is 0.430 e. The summed E-state index contributed by atoms with van der Waals surface area (Å²) in [6.07, 6.45) is 1.76. The van der Waals surface area contributed by atoms with Gasteiger partial charge in [-0.25, -0.2) is 4.40 Å². The van der Waals surface area contributed by atoms with Crippen molar-refractivity contribution in [1.29, 1.82) is 0 Å². The Kier molecular flexibility index (Phi) is 3.38. The lowest BCUT2D eigenvalue weighted by atomic mass is 10.7. The number of carbonyl (C=O) groups excluding carboxylic acids is 1. The molecule has 2 aromatic heterocycles. The van der Waals surface area contributed by atoms with E-state index in [1.807, 2.05) is 10.6 Å². The van der Waals surface area contributed by atoms with Crippen LogP contribution >= 0.6 is 0 Å². The number of H-pyrrole nitrogens is 1. The zero-order valence-electron chi connectivity index (χ0n) is 7.60. The molecule has 0 aromatic carbocycles. The molecule has 0 saturated heterocycles. The molecule has 0 amide bonds. The molecule has 0 saturated carbocycles. The van der Waals surface area contributed by atoms with Crippen molar-refractivity contribution >= 4 is 11.6 Å². The molecule has 2 aromatic rings. The fraction of sp³-hybridized carbons (Fsp3) is 0.143. The highest BCUT2D eigenvalue weighted by Crippen LogP contribution is 2.11. The minimum Gasteiger partial charge on any atom is -0.542 e. The van der Waals surface area contributed by atoms with Crippen LogP contribution in [0.15, 0.2) is 24.9 Å². The van der Waals surface area contributed by atoms with Crippen LogP contribution in [0, 0.1) is 0 Å². The first-order chi connectivity index (χ1) is 7.41. The third-order valence-electron chi connectivity index (χ3n) is 1.38. The number of carbonyl (C=O) groups is 1. The number of aliphatic carboxylic acids is 1. The van der Waals surface area contributed by atoms with Crippen molar-refractivity contribution in [3.8, 4) is 0 Å². The van der Waals surface area contributed by atoms with E-state index in [1.165, 1.54) is 0 Å². The quantitative estimate of drug-likeness (QED) is 0.583.